The zero-order valence-corrected chi connectivity index (χ0v) is 12.1. The van der Waals surface area contributed by atoms with E-state index in [-0.39, 0.29) is 11.5 Å². The Morgan fingerprint density at radius 1 is 1.14 bits per heavy atom. The zero-order chi connectivity index (χ0) is 16.2. The normalized spacial score (nSPS) is 10.1. The predicted octanol–water partition coefficient (Wildman–Crippen LogP) is 2.47. The van der Waals surface area contributed by atoms with E-state index >= 15 is 0 Å². The molecule has 2 aromatic carbocycles. The van der Waals surface area contributed by atoms with Crippen LogP contribution in [0.2, 0.25) is 0 Å². The number of hydrogen-bond donors (Lipinski definition) is 3. The fraction of sp³-hybridized carbons (Fsp3) is 0.0588. The average molecular weight is 297 g/mol. The third kappa shape index (κ3) is 6.49. The maximum absolute atomic E-state index is 11.1. The number of allylic oxidation sites excluding steroid dienone is 1. The molecule has 0 amide bonds. The second-order valence-electron chi connectivity index (χ2n) is 4.17. The number of nitrogens with two attached hydrogens (primary N) is 1. The number of aliphatic hydroxyl groups excluding tert-OH is 1. The lowest BCUT2D eigenvalue weighted by molar-refractivity contribution is -0.109. The molecule has 0 atom stereocenters. The first-order chi connectivity index (χ1) is 10.7. The van der Waals surface area contributed by atoms with E-state index in [0.717, 1.165) is 17.5 Å². The highest BCUT2D eigenvalue weighted by Crippen LogP contribution is 2.04. The third-order valence-electron chi connectivity index (χ3n) is 2.51. The van der Waals surface area contributed by atoms with Gasteiger partial charge in [0.15, 0.2) is 0 Å². The first-order valence-electron chi connectivity index (χ1n) is 6.63. The standard InChI is InChI=1S/C11H12N2O2.C6H7N/c1-2-11(15)10(8-14)13-12-9-6-4-3-5-7-9;7-6-4-2-1-3-5-6/h2-7,12,14H,1,8H2;1-5H,7H2/b13-10-;. The number of hydrazone groups is 1. The molecule has 0 heterocycles. The van der Waals surface area contributed by atoms with E-state index in [1.54, 1.807) is 12.1 Å². The van der Waals surface area contributed by atoms with Crippen molar-refractivity contribution < 1.29 is 9.90 Å². The summed E-state index contributed by atoms with van der Waals surface area (Å²) in [5.74, 6) is -0.388. The Bertz CT molecular complexity index is 610. The molecule has 2 aromatic rings. The quantitative estimate of drug-likeness (QED) is 0.342. The predicted molar refractivity (Wildman–Crippen MR) is 90.6 cm³/mol. The summed E-state index contributed by atoms with van der Waals surface area (Å²) in [6.45, 7) is 2.90. The van der Waals surface area contributed by atoms with Gasteiger partial charge in [-0.25, -0.2) is 0 Å². The Morgan fingerprint density at radius 2 is 1.68 bits per heavy atom. The molecule has 114 valence electrons. The molecule has 0 aliphatic carbocycles. The van der Waals surface area contributed by atoms with Gasteiger partial charge in [-0.2, -0.15) is 5.10 Å². The van der Waals surface area contributed by atoms with Crippen molar-refractivity contribution in [2.24, 2.45) is 5.10 Å². The van der Waals surface area contributed by atoms with E-state index in [2.05, 4.69) is 17.1 Å². The number of carbonyl (C=O) groups excluding carboxylic acids is 1. The van der Waals surface area contributed by atoms with Crippen molar-refractivity contribution in [1.82, 2.24) is 0 Å². The SMILES string of the molecule is C=CC(=O)/C(CO)=N\Nc1ccccc1.Nc1ccccc1. The summed E-state index contributed by atoms with van der Waals surface area (Å²) in [7, 11) is 0. The molecule has 0 unspecified atom stereocenters. The lowest BCUT2D eigenvalue weighted by atomic mass is 10.2. The first kappa shape index (κ1) is 17.1. The smallest absolute Gasteiger partial charge is 0.203 e. The van der Waals surface area contributed by atoms with E-state index in [9.17, 15) is 4.79 Å². The first-order valence-corrected chi connectivity index (χ1v) is 6.63. The summed E-state index contributed by atoms with van der Waals surface area (Å²) < 4.78 is 0. The maximum atomic E-state index is 11.1. The minimum absolute atomic E-state index is 0.0360. The van der Waals surface area contributed by atoms with Crippen molar-refractivity contribution >= 4 is 22.9 Å². The number of aliphatic hydroxyl groups is 1. The Balaban J connectivity index is 0.000000287. The van der Waals surface area contributed by atoms with Gasteiger partial charge in [0.25, 0.3) is 0 Å². The van der Waals surface area contributed by atoms with Crippen LogP contribution in [-0.4, -0.2) is 23.2 Å². The molecule has 0 spiro atoms. The largest absolute Gasteiger partial charge is 0.399 e. The van der Waals surface area contributed by atoms with Crippen molar-refractivity contribution in [2.75, 3.05) is 17.8 Å². The molecule has 0 saturated carbocycles. The number of ketones is 1. The van der Waals surface area contributed by atoms with E-state index < -0.39 is 6.61 Å². The molecule has 0 radical (unpaired) electrons. The molecule has 2 rings (SSSR count). The third-order valence-corrected chi connectivity index (χ3v) is 2.51. The summed E-state index contributed by atoms with van der Waals surface area (Å²) in [5, 5.41) is 12.6. The molecule has 4 N–H and O–H groups in total. The van der Waals surface area contributed by atoms with Gasteiger partial charge >= 0.3 is 0 Å². The molecule has 0 fully saturated rings. The molecule has 22 heavy (non-hydrogen) atoms. The van der Waals surface area contributed by atoms with Crippen molar-refractivity contribution in [3.8, 4) is 0 Å². The number of rotatable bonds is 5. The molecular weight excluding hydrogens is 278 g/mol. The lowest BCUT2D eigenvalue weighted by Gasteiger charge is -2.01. The van der Waals surface area contributed by atoms with Crippen LogP contribution in [0.4, 0.5) is 11.4 Å². The highest BCUT2D eigenvalue weighted by atomic mass is 16.3. The topological polar surface area (TPSA) is 87.7 Å². The molecule has 5 heteroatoms. The van der Waals surface area contributed by atoms with Gasteiger partial charge in [0.1, 0.15) is 5.71 Å². The van der Waals surface area contributed by atoms with E-state index in [4.69, 9.17) is 10.8 Å². The van der Waals surface area contributed by atoms with Crippen LogP contribution in [0.5, 0.6) is 0 Å². The maximum Gasteiger partial charge on any atom is 0.203 e. The van der Waals surface area contributed by atoms with Crippen molar-refractivity contribution in [2.45, 2.75) is 0 Å². The van der Waals surface area contributed by atoms with Crippen LogP contribution in [0, 0.1) is 0 Å². The summed E-state index contributed by atoms with van der Waals surface area (Å²) in [5.41, 5.74) is 9.64. The molecular formula is C17H19N3O2. The van der Waals surface area contributed by atoms with Crippen molar-refractivity contribution in [1.29, 1.82) is 0 Å². The molecule has 0 saturated heterocycles. The Hall–Kier alpha value is -2.92. The number of hydrogen-bond acceptors (Lipinski definition) is 5. The fourth-order valence-electron chi connectivity index (χ4n) is 1.38. The van der Waals surface area contributed by atoms with Crippen LogP contribution in [0.15, 0.2) is 78.4 Å². The van der Waals surface area contributed by atoms with Crippen LogP contribution in [0.25, 0.3) is 0 Å². The molecule has 0 aliphatic heterocycles. The van der Waals surface area contributed by atoms with Crippen LogP contribution in [-0.2, 0) is 4.79 Å². The molecule has 5 nitrogen and oxygen atoms in total. The Morgan fingerprint density at radius 3 is 2.09 bits per heavy atom. The number of nitrogen functional groups attached to an aromatic ring is 1. The number of para-hydroxylation sites is 2. The zero-order valence-electron chi connectivity index (χ0n) is 12.1. The number of benzene rings is 2. The van der Waals surface area contributed by atoms with E-state index in [1.165, 1.54) is 0 Å². The second-order valence-corrected chi connectivity index (χ2v) is 4.17. The highest BCUT2D eigenvalue weighted by Gasteiger charge is 2.05. The number of nitrogens with zero attached hydrogens (tertiary/aromatic N) is 1. The monoisotopic (exact) mass is 297 g/mol. The van der Waals surface area contributed by atoms with Gasteiger partial charge < -0.3 is 10.8 Å². The van der Waals surface area contributed by atoms with Crippen molar-refractivity contribution in [3.05, 3.63) is 73.3 Å². The summed E-state index contributed by atoms with van der Waals surface area (Å²) in [6.07, 6.45) is 1.11. The van der Waals surface area contributed by atoms with Crippen LogP contribution in [0.1, 0.15) is 0 Å². The van der Waals surface area contributed by atoms with Crippen LogP contribution < -0.4 is 11.2 Å². The van der Waals surface area contributed by atoms with Crippen LogP contribution >= 0.6 is 0 Å². The van der Waals surface area contributed by atoms with Gasteiger partial charge in [-0.3, -0.25) is 10.2 Å². The van der Waals surface area contributed by atoms with Gasteiger partial charge in [-0.1, -0.05) is 43.0 Å². The Kier molecular flexibility index (Phi) is 7.71. The molecule has 0 aromatic heterocycles. The lowest BCUT2D eigenvalue weighted by Crippen LogP contribution is -2.17. The van der Waals surface area contributed by atoms with Crippen LogP contribution in [0.3, 0.4) is 0 Å². The average Bonchev–Trinajstić information content (AvgIpc) is 2.57. The summed E-state index contributed by atoms with van der Waals surface area (Å²) in [6, 6.07) is 18.6. The summed E-state index contributed by atoms with van der Waals surface area (Å²) in [4.78, 5) is 11.1. The number of anilines is 2. The van der Waals surface area contributed by atoms with Gasteiger partial charge in [-0.15, -0.1) is 0 Å². The van der Waals surface area contributed by atoms with Crippen molar-refractivity contribution in [3.63, 3.8) is 0 Å². The second kappa shape index (κ2) is 9.90. The van der Waals surface area contributed by atoms with Gasteiger partial charge in [0.2, 0.25) is 5.78 Å². The minimum atomic E-state index is -0.412. The Labute approximate surface area is 129 Å². The minimum Gasteiger partial charge on any atom is -0.399 e. The summed E-state index contributed by atoms with van der Waals surface area (Å²) >= 11 is 0. The van der Waals surface area contributed by atoms with Gasteiger partial charge in [0.05, 0.1) is 12.3 Å². The highest BCUT2D eigenvalue weighted by molar-refractivity contribution is 6.44. The van der Waals surface area contributed by atoms with Gasteiger partial charge in [-0.05, 0) is 30.3 Å². The number of nitrogens with one attached hydrogen (secondary N) is 1. The fourth-order valence-corrected chi connectivity index (χ4v) is 1.38. The van der Waals surface area contributed by atoms with E-state index in [1.807, 2.05) is 48.5 Å². The molecule has 0 bridgehead atoms. The molecule has 0 aliphatic rings. The van der Waals surface area contributed by atoms with E-state index in [0.29, 0.717) is 0 Å². The number of carbonyl (C=O) groups is 1. The van der Waals surface area contributed by atoms with Gasteiger partial charge in [0, 0.05) is 5.69 Å².